The van der Waals surface area contributed by atoms with Gasteiger partial charge in [-0.05, 0) is 23.8 Å². The van der Waals surface area contributed by atoms with E-state index in [4.69, 9.17) is 0 Å². The molecule has 0 saturated carbocycles. The fraction of sp³-hybridized carbons (Fsp3) is 0. The fourth-order valence-corrected chi connectivity index (χ4v) is 2.23. The van der Waals surface area contributed by atoms with Gasteiger partial charge in [-0.1, -0.05) is 28.1 Å². The van der Waals surface area contributed by atoms with Gasteiger partial charge in [0.1, 0.15) is 5.69 Å². The van der Waals surface area contributed by atoms with Crippen molar-refractivity contribution in [2.45, 2.75) is 0 Å². The smallest absolute Gasteiger partial charge is 0.212 e. The van der Waals surface area contributed by atoms with Gasteiger partial charge in [0.25, 0.3) is 0 Å². The van der Waals surface area contributed by atoms with Crippen LogP contribution in [0.1, 0.15) is 16.1 Å². The first-order valence-corrected chi connectivity index (χ1v) is 5.36. The average molecular weight is 260 g/mol. The Bertz CT molecular complexity index is 578. The fourth-order valence-electron chi connectivity index (χ4n) is 1.87. The lowest BCUT2D eigenvalue weighted by Crippen LogP contribution is -1.97. The average Bonchev–Trinajstić information content (AvgIpc) is 2.54. The molecule has 1 aliphatic rings. The highest BCUT2D eigenvalue weighted by Gasteiger charge is 2.27. The number of pyridine rings is 1. The molecule has 2 aromatic rings. The van der Waals surface area contributed by atoms with E-state index in [0.29, 0.717) is 5.69 Å². The van der Waals surface area contributed by atoms with Crippen molar-refractivity contribution < 1.29 is 4.79 Å². The summed E-state index contributed by atoms with van der Waals surface area (Å²) in [7, 11) is 0. The molecule has 0 saturated heterocycles. The molecule has 3 heteroatoms. The maximum absolute atomic E-state index is 12.0. The van der Waals surface area contributed by atoms with Crippen LogP contribution in [-0.2, 0) is 0 Å². The number of hydrogen-bond donors (Lipinski definition) is 0. The van der Waals surface area contributed by atoms with E-state index in [9.17, 15) is 4.79 Å². The summed E-state index contributed by atoms with van der Waals surface area (Å²) < 4.78 is 0.919. The SMILES string of the molecule is O=C1c2cc(Br)ccc2-c2cccnc21. The van der Waals surface area contributed by atoms with Crippen LogP contribution in [-0.4, -0.2) is 10.8 Å². The van der Waals surface area contributed by atoms with Gasteiger partial charge in [0.15, 0.2) is 0 Å². The molecule has 15 heavy (non-hydrogen) atoms. The number of aromatic nitrogens is 1. The Kier molecular flexibility index (Phi) is 1.76. The molecule has 72 valence electrons. The molecule has 3 rings (SSSR count). The Labute approximate surface area is 95.1 Å². The number of benzene rings is 1. The van der Waals surface area contributed by atoms with Crippen molar-refractivity contribution in [2.24, 2.45) is 0 Å². The molecule has 0 fully saturated rings. The van der Waals surface area contributed by atoms with Crippen molar-refractivity contribution in [3.05, 3.63) is 52.3 Å². The minimum absolute atomic E-state index is 0.0156. The zero-order chi connectivity index (χ0) is 10.4. The van der Waals surface area contributed by atoms with Crippen LogP contribution in [0.4, 0.5) is 0 Å². The van der Waals surface area contributed by atoms with E-state index in [0.717, 1.165) is 21.2 Å². The lowest BCUT2D eigenvalue weighted by atomic mass is 10.1. The van der Waals surface area contributed by atoms with Crippen LogP contribution >= 0.6 is 15.9 Å². The van der Waals surface area contributed by atoms with Crippen LogP contribution in [0, 0.1) is 0 Å². The Hall–Kier alpha value is -1.48. The number of halogens is 1. The third kappa shape index (κ3) is 1.16. The minimum atomic E-state index is 0.0156. The summed E-state index contributed by atoms with van der Waals surface area (Å²) in [6, 6.07) is 9.52. The lowest BCUT2D eigenvalue weighted by Gasteiger charge is -1.98. The van der Waals surface area contributed by atoms with E-state index >= 15 is 0 Å². The molecular formula is C12H6BrNO. The van der Waals surface area contributed by atoms with E-state index in [1.807, 2.05) is 30.3 Å². The van der Waals surface area contributed by atoms with Crippen LogP contribution in [0.5, 0.6) is 0 Å². The summed E-state index contributed by atoms with van der Waals surface area (Å²) in [5.74, 6) is 0.0156. The van der Waals surface area contributed by atoms with Gasteiger partial charge >= 0.3 is 0 Å². The summed E-state index contributed by atoms with van der Waals surface area (Å²) in [4.78, 5) is 16.1. The predicted octanol–water partition coefficient (Wildman–Crippen LogP) is 3.06. The second-order valence-electron chi connectivity index (χ2n) is 3.42. The zero-order valence-corrected chi connectivity index (χ0v) is 9.28. The summed E-state index contributed by atoms with van der Waals surface area (Å²) in [5.41, 5.74) is 3.21. The van der Waals surface area contributed by atoms with Crippen LogP contribution in [0.15, 0.2) is 41.0 Å². The Morgan fingerprint density at radius 3 is 2.80 bits per heavy atom. The Balaban J connectivity index is 2.38. The van der Waals surface area contributed by atoms with E-state index < -0.39 is 0 Å². The van der Waals surface area contributed by atoms with Gasteiger partial charge in [0.05, 0.1) is 0 Å². The third-order valence-electron chi connectivity index (χ3n) is 2.54. The normalized spacial score (nSPS) is 12.5. The summed E-state index contributed by atoms with van der Waals surface area (Å²) in [6.07, 6.45) is 1.65. The molecule has 0 unspecified atom stereocenters. The summed E-state index contributed by atoms with van der Waals surface area (Å²) >= 11 is 3.36. The first-order valence-electron chi connectivity index (χ1n) is 4.57. The molecule has 1 aromatic carbocycles. The van der Waals surface area contributed by atoms with Crippen molar-refractivity contribution in [3.63, 3.8) is 0 Å². The number of nitrogens with zero attached hydrogens (tertiary/aromatic N) is 1. The second kappa shape index (κ2) is 3.00. The van der Waals surface area contributed by atoms with E-state index in [2.05, 4.69) is 20.9 Å². The second-order valence-corrected chi connectivity index (χ2v) is 4.33. The summed E-state index contributed by atoms with van der Waals surface area (Å²) in [6.45, 7) is 0. The predicted molar refractivity (Wildman–Crippen MR) is 60.8 cm³/mol. The van der Waals surface area contributed by atoms with Gasteiger partial charge in [0.2, 0.25) is 5.78 Å². The van der Waals surface area contributed by atoms with Gasteiger partial charge in [-0.3, -0.25) is 9.78 Å². The van der Waals surface area contributed by atoms with E-state index in [1.165, 1.54) is 0 Å². The molecule has 0 radical (unpaired) electrons. The van der Waals surface area contributed by atoms with Crippen LogP contribution < -0.4 is 0 Å². The molecule has 1 heterocycles. The van der Waals surface area contributed by atoms with E-state index in [1.54, 1.807) is 6.20 Å². The topological polar surface area (TPSA) is 30.0 Å². The van der Waals surface area contributed by atoms with Crippen LogP contribution in [0.2, 0.25) is 0 Å². The van der Waals surface area contributed by atoms with Crippen LogP contribution in [0.25, 0.3) is 11.1 Å². The molecule has 0 atom stereocenters. The van der Waals surface area contributed by atoms with Crippen molar-refractivity contribution in [1.82, 2.24) is 4.98 Å². The van der Waals surface area contributed by atoms with E-state index in [-0.39, 0.29) is 5.78 Å². The molecule has 1 aliphatic carbocycles. The quantitative estimate of drug-likeness (QED) is 0.621. The number of carbonyl (C=O) groups is 1. The number of carbonyl (C=O) groups excluding carboxylic acids is 1. The largest absolute Gasteiger partial charge is 0.287 e. The first kappa shape index (κ1) is 8.80. The highest BCUT2D eigenvalue weighted by molar-refractivity contribution is 9.10. The number of ketones is 1. The highest BCUT2D eigenvalue weighted by atomic mass is 79.9. The van der Waals surface area contributed by atoms with Crippen molar-refractivity contribution in [2.75, 3.05) is 0 Å². The van der Waals surface area contributed by atoms with Crippen molar-refractivity contribution in [1.29, 1.82) is 0 Å². The highest BCUT2D eigenvalue weighted by Crippen LogP contribution is 2.36. The molecule has 0 aliphatic heterocycles. The van der Waals surface area contributed by atoms with Gasteiger partial charge in [-0.15, -0.1) is 0 Å². The Morgan fingerprint density at radius 2 is 1.93 bits per heavy atom. The molecule has 0 N–H and O–H groups in total. The minimum Gasteiger partial charge on any atom is -0.287 e. The molecule has 0 bridgehead atoms. The number of hydrogen-bond acceptors (Lipinski definition) is 2. The van der Waals surface area contributed by atoms with Gasteiger partial charge in [-0.25, -0.2) is 0 Å². The maximum Gasteiger partial charge on any atom is 0.212 e. The number of rotatable bonds is 0. The van der Waals surface area contributed by atoms with Crippen LogP contribution in [0.3, 0.4) is 0 Å². The molecule has 2 nitrogen and oxygen atoms in total. The molecule has 0 spiro atoms. The Morgan fingerprint density at radius 1 is 1.07 bits per heavy atom. The number of fused-ring (bicyclic) bond motifs is 3. The lowest BCUT2D eigenvalue weighted by molar-refractivity contribution is 0.103. The van der Waals surface area contributed by atoms with Gasteiger partial charge in [-0.2, -0.15) is 0 Å². The molecular weight excluding hydrogens is 254 g/mol. The van der Waals surface area contributed by atoms with Crippen molar-refractivity contribution >= 4 is 21.7 Å². The summed E-state index contributed by atoms with van der Waals surface area (Å²) in [5, 5.41) is 0. The van der Waals surface area contributed by atoms with Gasteiger partial charge in [0, 0.05) is 21.8 Å². The zero-order valence-electron chi connectivity index (χ0n) is 7.70. The maximum atomic E-state index is 12.0. The molecule has 1 aromatic heterocycles. The van der Waals surface area contributed by atoms with Crippen molar-refractivity contribution in [3.8, 4) is 11.1 Å². The monoisotopic (exact) mass is 259 g/mol. The third-order valence-corrected chi connectivity index (χ3v) is 3.03. The first-order chi connectivity index (χ1) is 7.27. The molecule has 0 amide bonds. The van der Waals surface area contributed by atoms with Gasteiger partial charge < -0.3 is 0 Å². The standard InChI is InChI=1S/C12H6BrNO/c13-7-3-4-8-9-2-1-5-14-11(9)12(15)10(8)6-7/h1-6H.